The SMILES string of the molecule is COc1ccc(C(=O)Nc2ccccc2C2=NCCCN2)cc1OC. The van der Waals surface area contributed by atoms with E-state index < -0.39 is 0 Å². The molecule has 2 aromatic carbocycles. The van der Waals surface area contributed by atoms with Crippen LogP contribution in [0.25, 0.3) is 0 Å². The number of benzene rings is 2. The largest absolute Gasteiger partial charge is 0.493 e. The van der Waals surface area contributed by atoms with E-state index in [2.05, 4.69) is 15.6 Å². The van der Waals surface area contributed by atoms with Crippen molar-refractivity contribution < 1.29 is 14.3 Å². The zero-order valence-corrected chi connectivity index (χ0v) is 14.3. The number of nitrogens with one attached hydrogen (secondary N) is 2. The van der Waals surface area contributed by atoms with Crippen LogP contribution in [0, 0.1) is 0 Å². The van der Waals surface area contributed by atoms with Gasteiger partial charge in [-0.1, -0.05) is 12.1 Å². The van der Waals surface area contributed by atoms with Crippen LogP contribution >= 0.6 is 0 Å². The second-order valence-corrected chi connectivity index (χ2v) is 5.58. The number of ether oxygens (including phenoxy) is 2. The fourth-order valence-electron chi connectivity index (χ4n) is 2.68. The third-order valence-electron chi connectivity index (χ3n) is 3.97. The molecule has 0 saturated heterocycles. The Morgan fingerprint density at radius 1 is 1.12 bits per heavy atom. The summed E-state index contributed by atoms with van der Waals surface area (Å²) in [7, 11) is 3.10. The Morgan fingerprint density at radius 3 is 2.64 bits per heavy atom. The predicted molar refractivity (Wildman–Crippen MR) is 98.0 cm³/mol. The van der Waals surface area contributed by atoms with Gasteiger partial charge in [-0.2, -0.15) is 0 Å². The second-order valence-electron chi connectivity index (χ2n) is 5.58. The molecule has 6 heteroatoms. The van der Waals surface area contributed by atoms with Crippen molar-refractivity contribution in [1.82, 2.24) is 5.32 Å². The molecule has 1 aliphatic rings. The molecule has 130 valence electrons. The Bertz CT molecular complexity index is 802. The lowest BCUT2D eigenvalue weighted by molar-refractivity contribution is 0.102. The Hall–Kier alpha value is -3.02. The minimum Gasteiger partial charge on any atom is -0.493 e. The van der Waals surface area contributed by atoms with Gasteiger partial charge in [0.1, 0.15) is 5.84 Å². The monoisotopic (exact) mass is 339 g/mol. The minimum absolute atomic E-state index is 0.218. The number of amidine groups is 1. The number of aliphatic imine (C=N–C) groups is 1. The first-order valence-electron chi connectivity index (χ1n) is 8.14. The average molecular weight is 339 g/mol. The molecular formula is C19H21N3O3. The van der Waals surface area contributed by atoms with Crippen molar-refractivity contribution in [2.45, 2.75) is 6.42 Å². The first-order valence-corrected chi connectivity index (χ1v) is 8.14. The van der Waals surface area contributed by atoms with Gasteiger partial charge in [-0.15, -0.1) is 0 Å². The fraction of sp³-hybridized carbons (Fsp3) is 0.263. The van der Waals surface area contributed by atoms with Gasteiger partial charge in [0.05, 0.1) is 19.9 Å². The molecule has 0 aromatic heterocycles. The van der Waals surface area contributed by atoms with Crippen LogP contribution in [0.3, 0.4) is 0 Å². The van der Waals surface area contributed by atoms with Crippen molar-refractivity contribution in [2.75, 3.05) is 32.6 Å². The van der Waals surface area contributed by atoms with Crippen LogP contribution in [-0.2, 0) is 0 Å². The highest BCUT2D eigenvalue weighted by atomic mass is 16.5. The lowest BCUT2D eigenvalue weighted by atomic mass is 10.1. The highest BCUT2D eigenvalue weighted by Crippen LogP contribution is 2.28. The number of hydrogen-bond acceptors (Lipinski definition) is 5. The average Bonchev–Trinajstić information content (AvgIpc) is 2.68. The van der Waals surface area contributed by atoms with Crippen LogP contribution in [0.1, 0.15) is 22.3 Å². The van der Waals surface area contributed by atoms with Crippen LogP contribution in [0.4, 0.5) is 5.69 Å². The summed E-state index contributed by atoms with van der Waals surface area (Å²) < 4.78 is 10.5. The molecule has 1 aliphatic heterocycles. The third kappa shape index (κ3) is 3.74. The van der Waals surface area contributed by atoms with Gasteiger partial charge in [0.2, 0.25) is 0 Å². The van der Waals surface area contributed by atoms with E-state index in [-0.39, 0.29) is 5.91 Å². The van der Waals surface area contributed by atoms with Gasteiger partial charge in [-0.3, -0.25) is 9.79 Å². The molecule has 25 heavy (non-hydrogen) atoms. The van der Waals surface area contributed by atoms with Crippen LogP contribution in [0.5, 0.6) is 11.5 Å². The van der Waals surface area contributed by atoms with Crippen LogP contribution in [-0.4, -0.2) is 39.1 Å². The number of hydrogen-bond donors (Lipinski definition) is 2. The summed E-state index contributed by atoms with van der Waals surface area (Å²) in [5, 5.41) is 6.24. The summed E-state index contributed by atoms with van der Waals surface area (Å²) in [4.78, 5) is 17.2. The third-order valence-corrected chi connectivity index (χ3v) is 3.97. The Morgan fingerprint density at radius 2 is 1.92 bits per heavy atom. The summed E-state index contributed by atoms with van der Waals surface area (Å²) in [6, 6.07) is 12.7. The molecule has 0 unspecified atom stereocenters. The Labute approximate surface area is 146 Å². The lowest BCUT2D eigenvalue weighted by Gasteiger charge is -2.18. The molecule has 6 nitrogen and oxygen atoms in total. The van der Waals surface area contributed by atoms with E-state index in [9.17, 15) is 4.79 Å². The number of rotatable bonds is 5. The van der Waals surface area contributed by atoms with Gasteiger partial charge in [0, 0.05) is 24.2 Å². The van der Waals surface area contributed by atoms with Crippen LogP contribution < -0.4 is 20.1 Å². The fourth-order valence-corrected chi connectivity index (χ4v) is 2.68. The van der Waals surface area contributed by atoms with Gasteiger partial charge < -0.3 is 20.1 Å². The summed E-state index contributed by atoms with van der Waals surface area (Å²) in [5.74, 6) is 1.70. The molecule has 0 spiro atoms. The van der Waals surface area contributed by atoms with Gasteiger partial charge in [0.15, 0.2) is 11.5 Å². The molecule has 0 radical (unpaired) electrons. The maximum absolute atomic E-state index is 12.6. The molecule has 3 rings (SSSR count). The van der Waals surface area contributed by atoms with Crippen molar-refractivity contribution in [2.24, 2.45) is 4.99 Å². The molecular weight excluding hydrogens is 318 g/mol. The highest BCUT2D eigenvalue weighted by molar-refractivity contribution is 6.10. The molecule has 2 aromatic rings. The lowest BCUT2D eigenvalue weighted by Crippen LogP contribution is -2.31. The van der Waals surface area contributed by atoms with Crippen LogP contribution in [0.15, 0.2) is 47.5 Å². The summed E-state index contributed by atoms with van der Waals surface area (Å²) in [5.41, 5.74) is 2.09. The smallest absolute Gasteiger partial charge is 0.255 e. The topological polar surface area (TPSA) is 72.0 Å². The Kier molecular flexibility index (Phi) is 5.18. The van der Waals surface area contributed by atoms with E-state index in [4.69, 9.17) is 9.47 Å². The normalized spacial score (nSPS) is 13.4. The van der Waals surface area contributed by atoms with Gasteiger partial charge in [-0.05, 0) is 36.8 Å². The van der Waals surface area contributed by atoms with E-state index in [1.54, 1.807) is 32.4 Å². The van der Waals surface area contributed by atoms with E-state index >= 15 is 0 Å². The summed E-state index contributed by atoms with van der Waals surface area (Å²) in [6.07, 6.45) is 1.02. The summed E-state index contributed by atoms with van der Waals surface area (Å²) >= 11 is 0. The molecule has 2 N–H and O–H groups in total. The maximum atomic E-state index is 12.6. The standard InChI is InChI=1S/C19H21N3O3/c1-24-16-9-8-13(12-17(16)25-2)19(23)22-15-7-4-3-6-14(15)18-20-10-5-11-21-18/h3-4,6-9,12H,5,10-11H2,1-2H3,(H,20,21)(H,22,23). The number of para-hydroxylation sites is 1. The Balaban J connectivity index is 1.85. The van der Waals surface area contributed by atoms with Crippen molar-refractivity contribution in [3.8, 4) is 11.5 Å². The number of nitrogens with zero attached hydrogens (tertiary/aromatic N) is 1. The number of amides is 1. The van der Waals surface area contributed by atoms with Gasteiger partial charge >= 0.3 is 0 Å². The zero-order valence-electron chi connectivity index (χ0n) is 14.3. The van der Waals surface area contributed by atoms with E-state index in [1.165, 1.54) is 0 Å². The maximum Gasteiger partial charge on any atom is 0.255 e. The van der Waals surface area contributed by atoms with Gasteiger partial charge in [0.25, 0.3) is 5.91 Å². The quantitative estimate of drug-likeness (QED) is 0.878. The highest BCUT2D eigenvalue weighted by Gasteiger charge is 2.15. The molecule has 0 atom stereocenters. The number of anilines is 1. The molecule has 0 saturated carbocycles. The number of carbonyl (C=O) groups excluding carboxylic acids is 1. The molecule has 0 aliphatic carbocycles. The molecule has 1 amide bonds. The number of methoxy groups -OCH3 is 2. The van der Waals surface area contributed by atoms with E-state index in [1.807, 2.05) is 24.3 Å². The second kappa shape index (κ2) is 7.70. The van der Waals surface area contributed by atoms with Crippen molar-refractivity contribution in [1.29, 1.82) is 0 Å². The number of carbonyl (C=O) groups is 1. The molecule has 1 heterocycles. The van der Waals surface area contributed by atoms with Crippen LogP contribution in [0.2, 0.25) is 0 Å². The van der Waals surface area contributed by atoms with E-state index in [0.717, 1.165) is 36.6 Å². The predicted octanol–water partition coefficient (Wildman–Crippen LogP) is 2.70. The first kappa shape index (κ1) is 16.8. The van der Waals surface area contributed by atoms with E-state index in [0.29, 0.717) is 17.1 Å². The van der Waals surface area contributed by atoms with Gasteiger partial charge in [-0.25, -0.2) is 0 Å². The zero-order chi connectivity index (χ0) is 17.6. The molecule has 0 fully saturated rings. The minimum atomic E-state index is -0.218. The summed E-state index contributed by atoms with van der Waals surface area (Å²) in [6.45, 7) is 1.68. The van der Waals surface area contributed by atoms with Crippen molar-refractivity contribution >= 4 is 17.4 Å². The first-order chi connectivity index (χ1) is 12.2. The molecule has 0 bridgehead atoms. The van der Waals surface area contributed by atoms with Crippen molar-refractivity contribution in [3.05, 3.63) is 53.6 Å². The van der Waals surface area contributed by atoms with Crippen molar-refractivity contribution in [3.63, 3.8) is 0 Å².